The van der Waals surface area contributed by atoms with Crippen molar-refractivity contribution in [1.29, 1.82) is 5.41 Å². The van der Waals surface area contributed by atoms with Crippen molar-refractivity contribution in [2.24, 2.45) is 5.73 Å². The number of para-hydroxylation sites is 1. The molecular formula is C22H23N5O3. The summed E-state index contributed by atoms with van der Waals surface area (Å²) in [6.45, 7) is 1.39. The zero-order valence-corrected chi connectivity index (χ0v) is 16.3. The van der Waals surface area contributed by atoms with Crippen molar-refractivity contribution in [2.75, 3.05) is 13.1 Å². The van der Waals surface area contributed by atoms with Crippen molar-refractivity contribution in [3.8, 4) is 11.5 Å². The summed E-state index contributed by atoms with van der Waals surface area (Å²) in [7, 11) is 0. The Labute approximate surface area is 174 Å². The zero-order chi connectivity index (χ0) is 21.1. The van der Waals surface area contributed by atoms with E-state index in [1.54, 1.807) is 24.3 Å². The van der Waals surface area contributed by atoms with Crippen LogP contribution in [-0.4, -0.2) is 36.2 Å². The standard InChI is InChI=1S/C22H23N5O3/c23-18(14-6-8-16(9-7-14)30-15-4-2-1-3-5-15)17(19(24)28)20-26-21(29)22(27-20)10-12-25-13-11-22/h1-9,23,25,27H,10-13H2,(H2,24,28)(H,26,29)/b20-17+,23-18?. The van der Waals surface area contributed by atoms with Gasteiger partial charge < -0.3 is 26.4 Å². The van der Waals surface area contributed by atoms with Gasteiger partial charge in [-0.05, 0) is 62.3 Å². The summed E-state index contributed by atoms with van der Waals surface area (Å²) in [6.07, 6.45) is 1.18. The Morgan fingerprint density at radius 2 is 1.63 bits per heavy atom. The van der Waals surface area contributed by atoms with E-state index in [0.717, 1.165) is 0 Å². The number of nitrogens with one attached hydrogen (secondary N) is 4. The first-order valence-corrected chi connectivity index (χ1v) is 9.75. The summed E-state index contributed by atoms with van der Waals surface area (Å²) >= 11 is 0. The molecule has 1 spiro atoms. The van der Waals surface area contributed by atoms with Gasteiger partial charge in [0.05, 0.1) is 5.71 Å². The van der Waals surface area contributed by atoms with E-state index in [1.807, 2.05) is 30.3 Å². The van der Waals surface area contributed by atoms with Gasteiger partial charge in [-0.25, -0.2) is 0 Å². The second kappa shape index (κ2) is 8.00. The highest BCUT2D eigenvalue weighted by Crippen LogP contribution is 2.27. The number of piperidine rings is 1. The molecule has 2 saturated heterocycles. The topological polar surface area (TPSA) is 129 Å². The lowest BCUT2D eigenvalue weighted by atomic mass is 9.89. The van der Waals surface area contributed by atoms with E-state index in [9.17, 15) is 9.59 Å². The molecule has 0 atom stereocenters. The third-order valence-electron chi connectivity index (χ3n) is 5.36. The Hall–Kier alpha value is -3.65. The summed E-state index contributed by atoms with van der Waals surface area (Å²) in [5.74, 6) is 0.525. The normalized spacial score (nSPS) is 19.0. The average Bonchev–Trinajstić information content (AvgIpc) is 3.04. The largest absolute Gasteiger partial charge is 0.457 e. The molecule has 0 bridgehead atoms. The van der Waals surface area contributed by atoms with Gasteiger partial charge in [0.2, 0.25) is 0 Å². The van der Waals surface area contributed by atoms with Crippen LogP contribution in [0.15, 0.2) is 66.0 Å². The highest BCUT2D eigenvalue weighted by atomic mass is 16.5. The van der Waals surface area contributed by atoms with Gasteiger partial charge in [-0.1, -0.05) is 18.2 Å². The maximum atomic E-state index is 12.6. The molecular weight excluding hydrogens is 382 g/mol. The van der Waals surface area contributed by atoms with Crippen molar-refractivity contribution in [1.82, 2.24) is 16.0 Å². The van der Waals surface area contributed by atoms with E-state index in [2.05, 4.69) is 16.0 Å². The Bertz CT molecular complexity index is 1010. The van der Waals surface area contributed by atoms with E-state index in [0.29, 0.717) is 43.0 Å². The summed E-state index contributed by atoms with van der Waals surface area (Å²) in [5.41, 5.74) is 5.19. The number of primary amides is 1. The molecule has 4 rings (SSSR count). The van der Waals surface area contributed by atoms with E-state index in [-0.39, 0.29) is 23.0 Å². The molecule has 2 heterocycles. The van der Waals surface area contributed by atoms with Crippen molar-refractivity contribution in [3.63, 3.8) is 0 Å². The van der Waals surface area contributed by atoms with Crippen molar-refractivity contribution >= 4 is 17.5 Å². The number of hydrogen-bond donors (Lipinski definition) is 5. The third-order valence-corrected chi connectivity index (χ3v) is 5.36. The minimum atomic E-state index is -0.779. The number of ether oxygens (including phenoxy) is 1. The maximum absolute atomic E-state index is 12.6. The fourth-order valence-electron chi connectivity index (χ4n) is 3.72. The van der Waals surface area contributed by atoms with Gasteiger partial charge in [0.25, 0.3) is 11.8 Å². The van der Waals surface area contributed by atoms with Crippen LogP contribution in [0.25, 0.3) is 0 Å². The van der Waals surface area contributed by atoms with Gasteiger partial charge >= 0.3 is 0 Å². The van der Waals surface area contributed by atoms with Crippen LogP contribution < -0.4 is 26.4 Å². The highest BCUT2D eigenvalue weighted by Gasteiger charge is 2.46. The summed E-state index contributed by atoms with van der Waals surface area (Å²) < 4.78 is 5.76. The number of benzene rings is 2. The molecule has 0 aliphatic carbocycles. The summed E-state index contributed by atoms with van der Waals surface area (Å²) in [6, 6.07) is 16.1. The van der Waals surface area contributed by atoms with E-state index in [4.69, 9.17) is 15.9 Å². The lowest BCUT2D eigenvalue weighted by Gasteiger charge is -2.31. The molecule has 6 N–H and O–H groups in total. The minimum Gasteiger partial charge on any atom is -0.457 e. The van der Waals surface area contributed by atoms with Crippen molar-refractivity contribution in [2.45, 2.75) is 18.4 Å². The molecule has 154 valence electrons. The molecule has 2 amide bonds. The molecule has 0 saturated carbocycles. The molecule has 0 aromatic heterocycles. The quantitative estimate of drug-likeness (QED) is 0.379. The minimum absolute atomic E-state index is 0.0458. The molecule has 0 radical (unpaired) electrons. The average molecular weight is 405 g/mol. The number of nitrogens with two attached hydrogens (primary N) is 1. The van der Waals surface area contributed by atoms with E-state index in [1.165, 1.54) is 0 Å². The van der Waals surface area contributed by atoms with Gasteiger partial charge in [0.1, 0.15) is 28.4 Å². The monoisotopic (exact) mass is 405 g/mol. The highest BCUT2D eigenvalue weighted by molar-refractivity contribution is 6.27. The Balaban J connectivity index is 1.58. The van der Waals surface area contributed by atoms with Crippen molar-refractivity contribution in [3.05, 3.63) is 71.6 Å². The molecule has 30 heavy (non-hydrogen) atoms. The number of rotatable bonds is 5. The number of amides is 2. The van der Waals surface area contributed by atoms with Crippen LogP contribution in [0.2, 0.25) is 0 Å². The van der Waals surface area contributed by atoms with Crippen LogP contribution in [-0.2, 0) is 9.59 Å². The lowest BCUT2D eigenvalue weighted by molar-refractivity contribution is -0.124. The Kier molecular flexibility index (Phi) is 5.24. The molecule has 2 aliphatic heterocycles. The van der Waals surface area contributed by atoms with Gasteiger partial charge in [-0.3, -0.25) is 15.0 Å². The van der Waals surface area contributed by atoms with Crippen molar-refractivity contribution < 1.29 is 14.3 Å². The Morgan fingerprint density at radius 3 is 2.27 bits per heavy atom. The smallest absolute Gasteiger partial charge is 0.254 e. The first-order chi connectivity index (χ1) is 14.5. The molecule has 2 fully saturated rings. The van der Waals surface area contributed by atoms with Gasteiger partial charge in [-0.2, -0.15) is 0 Å². The van der Waals surface area contributed by atoms with Crippen LogP contribution in [0, 0.1) is 5.41 Å². The number of carbonyl (C=O) groups is 2. The van der Waals surface area contributed by atoms with Crippen LogP contribution in [0.5, 0.6) is 11.5 Å². The molecule has 2 aromatic rings. The Morgan fingerprint density at radius 1 is 1.00 bits per heavy atom. The predicted octanol–water partition coefficient (Wildman–Crippen LogP) is 1.39. The fourth-order valence-corrected chi connectivity index (χ4v) is 3.72. The molecule has 2 aliphatic rings. The van der Waals surface area contributed by atoms with E-state index >= 15 is 0 Å². The van der Waals surface area contributed by atoms with E-state index < -0.39 is 11.4 Å². The molecule has 8 heteroatoms. The van der Waals surface area contributed by atoms with Gasteiger partial charge in [0, 0.05) is 5.56 Å². The summed E-state index contributed by atoms with van der Waals surface area (Å²) in [4.78, 5) is 24.8. The summed E-state index contributed by atoms with van der Waals surface area (Å²) in [5, 5.41) is 17.6. The molecule has 0 unspecified atom stereocenters. The van der Waals surface area contributed by atoms with Gasteiger partial charge in [-0.15, -0.1) is 0 Å². The fraction of sp³-hybridized carbons (Fsp3) is 0.227. The molecule has 2 aromatic carbocycles. The van der Waals surface area contributed by atoms with Crippen LogP contribution in [0.4, 0.5) is 0 Å². The third kappa shape index (κ3) is 3.77. The van der Waals surface area contributed by atoms with Crippen LogP contribution in [0.1, 0.15) is 18.4 Å². The van der Waals surface area contributed by atoms with Crippen LogP contribution >= 0.6 is 0 Å². The van der Waals surface area contributed by atoms with Crippen LogP contribution in [0.3, 0.4) is 0 Å². The second-order valence-corrected chi connectivity index (χ2v) is 7.34. The van der Waals surface area contributed by atoms with Gasteiger partial charge in [0.15, 0.2) is 0 Å². The zero-order valence-electron chi connectivity index (χ0n) is 16.3. The number of hydrogen-bond acceptors (Lipinski definition) is 6. The second-order valence-electron chi connectivity index (χ2n) is 7.34. The predicted molar refractivity (Wildman–Crippen MR) is 112 cm³/mol. The first-order valence-electron chi connectivity index (χ1n) is 9.75. The molecule has 8 nitrogen and oxygen atoms in total. The first kappa shape index (κ1) is 19.7. The number of carbonyl (C=O) groups excluding carboxylic acids is 2. The lowest BCUT2D eigenvalue weighted by Crippen LogP contribution is -2.53. The SMILES string of the molecule is N=C(/C(C(N)=O)=C1/NC(=O)C2(CCNCC2)N1)c1ccc(Oc2ccccc2)cc1. The maximum Gasteiger partial charge on any atom is 0.254 e.